The van der Waals surface area contributed by atoms with Crippen molar-refractivity contribution in [3.63, 3.8) is 0 Å². The van der Waals surface area contributed by atoms with Gasteiger partial charge in [-0.15, -0.1) is 0 Å². The maximum atomic E-state index is 11.9. The first kappa shape index (κ1) is 17.4. The summed E-state index contributed by atoms with van der Waals surface area (Å²) in [5, 5.41) is 32.4. The van der Waals surface area contributed by atoms with Crippen molar-refractivity contribution in [2.75, 3.05) is 0 Å². The third-order valence-corrected chi connectivity index (χ3v) is 3.53. The number of hydrogen-bond donors (Lipinski definition) is 4. The van der Waals surface area contributed by atoms with Gasteiger partial charge in [-0.05, 0) is 24.3 Å². The van der Waals surface area contributed by atoms with Crippen LogP contribution in [0.1, 0.15) is 16.1 Å². The molecule has 8 nitrogen and oxygen atoms in total. The molecular weight excluding hydrogens is 338 g/mol. The standard InChI is InChI=1S/C18H15N3O5/c22-16-7-2-1-6-15(16)18(23)20-19-11-14-8-9-17(26-14)12-4-3-5-13(10-12)21(24)25/h1-11,21-22,24H,(H,20,23). The molecule has 1 heterocycles. The zero-order valence-corrected chi connectivity index (χ0v) is 13.4. The van der Waals surface area contributed by atoms with Crippen LogP contribution in [0.15, 0.2) is 70.2 Å². The van der Waals surface area contributed by atoms with Crippen LogP contribution in [0.3, 0.4) is 0 Å². The second-order valence-electron chi connectivity index (χ2n) is 5.30. The minimum atomic E-state index is -1.02. The van der Waals surface area contributed by atoms with Gasteiger partial charge < -0.3 is 14.7 Å². The summed E-state index contributed by atoms with van der Waals surface area (Å²) in [6.07, 6.45) is 1.31. The lowest BCUT2D eigenvalue weighted by Gasteiger charge is -2.11. The number of para-hydroxylation sites is 1. The molecule has 2 aromatic carbocycles. The molecule has 0 spiro atoms. The molecule has 0 saturated heterocycles. The Balaban J connectivity index is 1.69. The van der Waals surface area contributed by atoms with Gasteiger partial charge in [0.2, 0.25) is 0 Å². The van der Waals surface area contributed by atoms with Gasteiger partial charge in [-0.1, -0.05) is 24.3 Å². The zero-order chi connectivity index (χ0) is 18.5. The van der Waals surface area contributed by atoms with Crippen molar-refractivity contribution in [3.05, 3.63) is 77.2 Å². The summed E-state index contributed by atoms with van der Waals surface area (Å²) in [5.74, 6) is 0.152. The zero-order valence-electron chi connectivity index (χ0n) is 13.4. The Morgan fingerprint density at radius 1 is 1.15 bits per heavy atom. The number of hydrazone groups is 1. The van der Waals surface area contributed by atoms with E-state index >= 15 is 0 Å². The maximum Gasteiger partial charge on any atom is 0.275 e. The number of nitrogens with one attached hydrogen (secondary N) is 2. The number of benzene rings is 2. The monoisotopic (exact) mass is 353 g/mol. The van der Waals surface area contributed by atoms with Gasteiger partial charge in [0.1, 0.15) is 17.3 Å². The van der Waals surface area contributed by atoms with Gasteiger partial charge in [-0.3, -0.25) is 4.79 Å². The molecule has 1 unspecified atom stereocenters. The third-order valence-electron chi connectivity index (χ3n) is 3.53. The summed E-state index contributed by atoms with van der Waals surface area (Å²) in [5.41, 5.74) is 3.17. The molecular formula is C18H15N3O5. The van der Waals surface area contributed by atoms with Crippen LogP contribution < -0.4 is 10.7 Å². The Bertz CT molecular complexity index is 949. The van der Waals surface area contributed by atoms with Gasteiger partial charge in [-0.2, -0.15) is 10.3 Å². The Morgan fingerprint density at radius 2 is 1.96 bits per heavy atom. The fourth-order valence-electron chi connectivity index (χ4n) is 2.26. The van der Waals surface area contributed by atoms with Gasteiger partial charge in [0.25, 0.3) is 5.91 Å². The topological polar surface area (TPSA) is 123 Å². The van der Waals surface area contributed by atoms with E-state index in [0.29, 0.717) is 17.1 Å². The molecule has 0 aliphatic rings. The van der Waals surface area contributed by atoms with Crippen molar-refractivity contribution in [3.8, 4) is 17.1 Å². The number of hydrogen-bond acceptors (Lipinski definition) is 6. The summed E-state index contributed by atoms with van der Waals surface area (Å²) < 4.78 is 5.57. The number of aromatic hydroxyl groups is 1. The number of furan rings is 1. The Morgan fingerprint density at radius 3 is 2.73 bits per heavy atom. The normalized spacial score (nSPS) is 12.2. The average Bonchev–Trinajstić information content (AvgIpc) is 3.11. The van der Waals surface area contributed by atoms with E-state index in [2.05, 4.69) is 10.5 Å². The molecule has 0 aliphatic heterocycles. The molecule has 3 aromatic rings. The number of rotatable bonds is 5. The molecule has 8 heteroatoms. The van der Waals surface area contributed by atoms with Crippen molar-refractivity contribution >= 4 is 17.8 Å². The van der Waals surface area contributed by atoms with E-state index in [1.165, 1.54) is 30.5 Å². The lowest BCUT2D eigenvalue weighted by Crippen LogP contribution is -2.99. The van der Waals surface area contributed by atoms with E-state index in [0.717, 1.165) is 0 Å². The third kappa shape index (κ3) is 3.95. The van der Waals surface area contributed by atoms with Crippen LogP contribution in [0.5, 0.6) is 5.75 Å². The molecule has 0 aliphatic carbocycles. The molecule has 1 aromatic heterocycles. The largest absolute Gasteiger partial charge is 0.595 e. The molecule has 0 saturated carbocycles. The van der Waals surface area contributed by atoms with Crippen molar-refractivity contribution < 1.29 is 24.8 Å². The average molecular weight is 353 g/mol. The van der Waals surface area contributed by atoms with Crippen LogP contribution >= 0.6 is 0 Å². The minimum absolute atomic E-state index is 0.107. The second kappa shape index (κ2) is 7.62. The molecule has 4 N–H and O–H groups in total. The predicted octanol–water partition coefficient (Wildman–Crippen LogP) is 1.82. The summed E-state index contributed by atoms with van der Waals surface area (Å²) in [6.45, 7) is 0. The van der Waals surface area contributed by atoms with Crippen LogP contribution in [-0.4, -0.2) is 22.4 Å². The highest BCUT2D eigenvalue weighted by molar-refractivity contribution is 5.97. The van der Waals surface area contributed by atoms with Crippen LogP contribution in [0.2, 0.25) is 0 Å². The van der Waals surface area contributed by atoms with Crippen molar-refractivity contribution in [1.82, 2.24) is 5.43 Å². The summed E-state index contributed by atoms with van der Waals surface area (Å²) >= 11 is 0. The molecule has 26 heavy (non-hydrogen) atoms. The number of phenols is 1. The van der Waals surface area contributed by atoms with Crippen molar-refractivity contribution in [2.24, 2.45) is 5.10 Å². The highest BCUT2D eigenvalue weighted by Gasteiger charge is 2.09. The Labute approximate surface area is 148 Å². The summed E-state index contributed by atoms with van der Waals surface area (Å²) in [6, 6.07) is 15.8. The molecule has 1 atom stereocenters. The van der Waals surface area contributed by atoms with E-state index in [9.17, 15) is 15.1 Å². The first-order valence-corrected chi connectivity index (χ1v) is 7.59. The van der Waals surface area contributed by atoms with E-state index in [1.54, 1.807) is 36.4 Å². The predicted molar refractivity (Wildman–Crippen MR) is 93.1 cm³/mol. The molecule has 0 bridgehead atoms. The van der Waals surface area contributed by atoms with Crippen LogP contribution in [-0.2, 0) is 0 Å². The number of nitrogens with zero attached hydrogens (tertiary/aromatic N) is 1. The van der Waals surface area contributed by atoms with Crippen molar-refractivity contribution in [1.29, 1.82) is 0 Å². The van der Waals surface area contributed by atoms with Gasteiger partial charge in [0.05, 0.1) is 11.8 Å². The maximum absolute atomic E-state index is 11.9. The molecule has 3 rings (SSSR count). The van der Waals surface area contributed by atoms with E-state index < -0.39 is 11.1 Å². The number of phenolic OH excluding ortho intramolecular Hbond substituents is 1. The SMILES string of the molecule is O=C(NN=Cc1ccc(-c2cccc([NH+]([O-])O)c2)o1)c1ccccc1O. The minimum Gasteiger partial charge on any atom is -0.595 e. The van der Waals surface area contributed by atoms with Gasteiger partial charge in [-0.25, -0.2) is 10.6 Å². The molecule has 0 radical (unpaired) electrons. The molecule has 132 valence electrons. The summed E-state index contributed by atoms with van der Waals surface area (Å²) in [4.78, 5) is 11.9. The number of carbonyl (C=O) groups excluding carboxylic acids is 1. The number of quaternary nitrogens is 1. The molecule has 1 amide bonds. The lowest BCUT2D eigenvalue weighted by atomic mass is 10.1. The quantitative estimate of drug-likeness (QED) is 0.412. The Kier molecular flexibility index (Phi) is 5.09. The van der Waals surface area contributed by atoms with Crippen LogP contribution in [0.4, 0.5) is 5.69 Å². The Hall–Kier alpha value is -3.46. The van der Waals surface area contributed by atoms with Crippen LogP contribution in [0.25, 0.3) is 11.3 Å². The van der Waals surface area contributed by atoms with Crippen molar-refractivity contribution in [2.45, 2.75) is 0 Å². The van der Waals surface area contributed by atoms with E-state index in [4.69, 9.17) is 9.62 Å². The number of carbonyl (C=O) groups is 1. The van der Waals surface area contributed by atoms with E-state index in [1.807, 2.05) is 0 Å². The highest BCUT2D eigenvalue weighted by Crippen LogP contribution is 2.23. The fraction of sp³-hybridized carbons (Fsp3) is 0. The first-order valence-electron chi connectivity index (χ1n) is 7.59. The lowest BCUT2D eigenvalue weighted by molar-refractivity contribution is -0.991. The fourth-order valence-corrected chi connectivity index (χ4v) is 2.26. The summed E-state index contributed by atoms with van der Waals surface area (Å²) in [7, 11) is 0. The highest BCUT2D eigenvalue weighted by atomic mass is 16.8. The van der Waals surface area contributed by atoms with Crippen LogP contribution in [0, 0.1) is 5.21 Å². The van der Waals surface area contributed by atoms with E-state index in [-0.39, 0.29) is 17.0 Å². The first-order chi connectivity index (χ1) is 12.5. The smallest absolute Gasteiger partial charge is 0.275 e. The van der Waals surface area contributed by atoms with Gasteiger partial charge in [0, 0.05) is 17.7 Å². The number of amides is 1. The second-order valence-corrected chi connectivity index (χ2v) is 5.30. The van der Waals surface area contributed by atoms with Gasteiger partial charge >= 0.3 is 0 Å². The molecule has 0 fully saturated rings. The van der Waals surface area contributed by atoms with Gasteiger partial charge in [0.15, 0.2) is 5.69 Å².